The Morgan fingerprint density at radius 2 is 2.20 bits per heavy atom. The zero-order chi connectivity index (χ0) is 15.1. The van der Waals surface area contributed by atoms with E-state index >= 15 is 0 Å². The van der Waals surface area contributed by atoms with Gasteiger partial charge in [0, 0.05) is 23.9 Å². The van der Waals surface area contributed by atoms with Crippen LogP contribution in [-0.4, -0.2) is 11.4 Å². The van der Waals surface area contributed by atoms with Gasteiger partial charge in [-0.25, -0.2) is 0 Å². The fraction of sp³-hybridized carbons (Fsp3) is 0.688. The van der Waals surface area contributed by atoms with Crippen LogP contribution in [0.3, 0.4) is 0 Å². The van der Waals surface area contributed by atoms with Crippen molar-refractivity contribution in [2.24, 2.45) is 11.1 Å². The van der Waals surface area contributed by atoms with Gasteiger partial charge in [0.05, 0.1) is 6.04 Å². The molecular weight excluding hydrogens is 252 g/mol. The minimum atomic E-state index is -0.483. The Kier molecular flexibility index (Phi) is 3.71. The third-order valence-corrected chi connectivity index (χ3v) is 3.69. The third kappa shape index (κ3) is 3.63. The number of hydrogen-bond acceptors (Lipinski definition) is 3. The van der Waals surface area contributed by atoms with E-state index in [1.807, 2.05) is 26.8 Å². The van der Waals surface area contributed by atoms with E-state index in [0.717, 1.165) is 29.9 Å². The second-order valence-electron chi connectivity index (χ2n) is 7.57. The van der Waals surface area contributed by atoms with Crippen LogP contribution in [0.4, 0.5) is 0 Å². The summed E-state index contributed by atoms with van der Waals surface area (Å²) >= 11 is 0. The maximum Gasteiger partial charge on any atom is 0.222 e. The zero-order valence-corrected chi connectivity index (χ0v) is 13.2. The van der Waals surface area contributed by atoms with E-state index in [1.165, 1.54) is 0 Å². The van der Waals surface area contributed by atoms with Gasteiger partial charge in [-0.2, -0.15) is 0 Å². The standard InChI is InChI=1S/C16H26N2O2/c1-10-6-11-12(18-14(19)9-16(4,5)17)7-15(2,3)8-13(11)20-10/h6,12H,7-9,17H2,1-5H3,(H,18,19). The maximum atomic E-state index is 12.1. The summed E-state index contributed by atoms with van der Waals surface area (Å²) in [5.41, 5.74) is 6.69. The molecule has 1 aromatic rings. The van der Waals surface area contributed by atoms with Crippen LogP contribution in [-0.2, 0) is 11.2 Å². The molecule has 112 valence electrons. The highest BCUT2D eigenvalue weighted by atomic mass is 16.3. The summed E-state index contributed by atoms with van der Waals surface area (Å²) in [6.07, 6.45) is 2.18. The highest BCUT2D eigenvalue weighted by Crippen LogP contribution is 2.42. The molecule has 3 N–H and O–H groups in total. The molecule has 0 saturated heterocycles. The number of amides is 1. The Morgan fingerprint density at radius 3 is 2.80 bits per heavy atom. The van der Waals surface area contributed by atoms with Gasteiger partial charge >= 0.3 is 0 Å². The van der Waals surface area contributed by atoms with E-state index < -0.39 is 5.54 Å². The van der Waals surface area contributed by atoms with Crippen LogP contribution in [0.25, 0.3) is 0 Å². The van der Waals surface area contributed by atoms with Crippen molar-refractivity contribution in [2.75, 3.05) is 0 Å². The lowest BCUT2D eigenvalue weighted by Crippen LogP contribution is -2.42. The first-order valence-electron chi connectivity index (χ1n) is 7.23. The molecule has 0 aromatic carbocycles. The number of rotatable bonds is 3. The normalized spacial score (nSPS) is 21.4. The molecule has 0 bridgehead atoms. The van der Waals surface area contributed by atoms with E-state index in [0.29, 0.717) is 6.42 Å². The van der Waals surface area contributed by atoms with Crippen molar-refractivity contribution in [3.05, 3.63) is 23.2 Å². The lowest BCUT2D eigenvalue weighted by molar-refractivity contribution is -0.123. The van der Waals surface area contributed by atoms with Gasteiger partial charge in [0.15, 0.2) is 0 Å². The highest BCUT2D eigenvalue weighted by molar-refractivity contribution is 5.77. The Hall–Kier alpha value is -1.29. The minimum absolute atomic E-state index is 0.00463. The van der Waals surface area contributed by atoms with Crippen LogP contribution < -0.4 is 11.1 Å². The molecule has 1 amide bonds. The average Bonchev–Trinajstić information content (AvgIpc) is 2.53. The molecule has 1 aliphatic carbocycles. The van der Waals surface area contributed by atoms with Crippen LogP contribution in [0.1, 0.15) is 63.7 Å². The Balaban J connectivity index is 2.17. The molecule has 0 radical (unpaired) electrons. The van der Waals surface area contributed by atoms with Gasteiger partial charge in [-0.05, 0) is 38.7 Å². The second kappa shape index (κ2) is 4.92. The summed E-state index contributed by atoms with van der Waals surface area (Å²) in [6.45, 7) is 10.1. The van der Waals surface area contributed by atoms with Crippen molar-refractivity contribution in [1.29, 1.82) is 0 Å². The molecule has 0 saturated carbocycles. The van der Waals surface area contributed by atoms with Gasteiger partial charge < -0.3 is 15.5 Å². The molecule has 4 nitrogen and oxygen atoms in total. The smallest absolute Gasteiger partial charge is 0.222 e. The van der Waals surface area contributed by atoms with E-state index in [4.69, 9.17) is 10.2 Å². The van der Waals surface area contributed by atoms with Crippen LogP contribution in [0.15, 0.2) is 10.5 Å². The lowest BCUT2D eigenvalue weighted by Gasteiger charge is -2.35. The summed E-state index contributed by atoms with van der Waals surface area (Å²) < 4.78 is 5.78. The molecular formula is C16H26N2O2. The maximum absolute atomic E-state index is 12.1. The molecule has 1 aliphatic rings. The first-order valence-corrected chi connectivity index (χ1v) is 7.23. The zero-order valence-electron chi connectivity index (χ0n) is 13.2. The van der Waals surface area contributed by atoms with Crippen LogP contribution >= 0.6 is 0 Å². The van der Waals surface area contributed by atoms with Crippen molar-refractivity contribution in [3.63, 3.8) is 0 Å². The average molecular weight is 278 g/mol. The van der Waals surface area contributed by atoms with Crippen molar-refractivity contribution in [3.8, 4) is 0 Å². The predicted molar refractivity (Wildman–Crippen MR) is 79.3 cm³/mol. The van der Waals surface area contributed by atoms with Gasteiger partial charge in [0.25, 0.3) is 0 Å². The van der Waals surface area contributed by atoms with Gasteiger partial charge in [0.2, 0.25) is 5.91 Å². The van der Waals surface area contributed by atoms with Gasteiger partial charge in [-0.15, -0.1) is 0 Å². The topological polar surface area (TPSA) is 68.3 Å². The summed E-state index contributed by atoms with van der Waals surface area (Å²) in [4.78, 5) is 12.1. The molecule has 20 heavy (non-hydrogen) atoms. The number of aryl methyl sites for hydroxylation is 1. The second-order valence-corrected chi connectivity index (χ2v) is 7.57. The van der Waals surface area contributed by atoms with Crippen molar-refractivity contribution in [2.45, 2.75) is 65.5 Å². The van der Waals surface area contributed by atoms with Crippen LogP contribution in [0.2, 0.25) is 0 Å². The van der Waals surface area contributed by atoms with Gasteiger partial charge in [-0.3, -0.25) is 4.79 Å². The number of carbonyl (C=O) groups excluding carboxylic acids is 1. The number of furan rings is 1. The summed E-state index contributed by atoms with van der Waals surface area (Å²) in [5, 5.41) is 3.12. The summed E-state index contributed by atoms with van der Waals surface area (Å²) in [5.74, 6) is 1.92. The van der Waals surface area contributed by atoms with E-state index in [1.54, 1.807) is 0 Å². The predicted octanol–water partition coefficient (Wildman–Crippen LogP) is 2.85. The van der Waals surface area contributed by atoms with Crippen molar-refractivity contribution in [1.82, 2.24) is 5.32 Å². The van der Waals surface area contributed by atoms with E-state index in [9.17, 15) is 4.79 Å². The van der Waals surface area contributed by atoms with Gasteiger partial charge in [0.1, 0.15) is 11.5 Å². The minimum Gasteiger partial charge on any atom is -0.466 e. The molecule has 1 aromatic heterocycles. The first-order chi connectivity index (χ1) is 9.06. The Bertz CT molecular complexity index is 509. The third-order valence-electron chi connectivity index (χ3n) is 3.69. The number of nitrogens with one attached hydrogen (secondary N) is 1. The van der Waals surface area contributed by atoms with E-state index in [-0.39, 0.29) is 17.4 Å². The molecule has 1 unspecified atom stereocenters. The number of nitrogens with two attached hydrogens (primary N) is 1. The van der Waals surface area contributed by atoms with Crippen molar-refractivity contribution >= 4 is 5.91 Å². The fourth-order valence-electron chi connectivity index (χ4n) is 2.97. The number of hydrogen-bond donors (Lipinski definition) is 2. The molecule has 2 rings (SSSR count). The highest BCUT2D eigenvalue weighted by Gasteiger charge is 2.35. The molecule has 0 fully saturated rings. The largest absolute Gasteiger partial charge is 0.466 e. The number of carbonyl (C=O) groups is 1. The molecule has 0 aliphatic heterocycles. The Labute approximate surface area is 121 Å². The van der Waals surface area contributed by atoms with Crippen LogP contribution in [0.5, 0.6) is 0 Å². The quantitative estimate of drug-likeness (QED) is 0.893. The molecule has 1 atom stereocenters. The van der Waals surface area contributed by atoms with Gasteiger partial charge in [-0.1, -0.05) is 13.8 Å². The Morgan fingerprint density at radius 1 is 1.55 bits per heavy atom. The fourth-order valence-corrected chi connectivity index (χ4v) is 2.97. The monoisotopic (exact) mass is 278 g/mol. The van der Waals surface area contributed by atoms with E-state index in [2.05, 4.69) is 19.2 Å². The SMILES string of the molecule is Cc1cc2c(o1)CC(C)(C)CC2NC(=O)CC(C)(C)N. The lowest BCUT2D eigenvalue weighted by atomic mass is 9.74. The molecule has 1 heterocycles. The number of fused-ring (bicyclic) bond motifs is 1. The van der Waals surface area contributed by atoms with Crippen LogP contribution in [0, 0.1) is 12.3 Å². The van der Waals surface area contributed by atoms with Crippen molar-refractivity contribution < 1.29 is 9.21 Å². The summed E-state index contributed by atoms with van der Waals surface area (Å²) in [6, 6.07) is 2.07. The summed E-state index contributed by atoms with van der Waals surface area (Å²) in [7, 11) is 0. The first kappa shape index (κ1) is 15.1. The molecule has 4 heteroatoms. The molecule has 0 spiro atoms.